The number of hydrogen-bond donors (Lipinski definition) is 1. The molecule has 0 saturated carbocycles. The van der Waals surface area contributed by atoms with E-state index in [1.165, 1.54) is 0 Å². The van der Waals surface area contributed by atoms with E-state index < -0.39 is 5.82 Å². The van der Waals surface area contributed by atoms with E-state index in [9.17, 15) is 4.39 Å². The van der Waals surface area contributed by atoms with E-state index >= 15 is 0 Å². The summed E-state index contributed by atoms with van der Waals surface area (Å²) in [5, 5.41) is 3.43. The summed E-state index contributed by atoms with van der Waals surface area (Å²) in [5.41, 5.74) is 0. The molecule has 106 valence electrons. The van der Waals surface area contributed by atoms with Crippen molar-refractivity contribution in [3.05, 3.63) is 28.0 Å². The fourth-order valence-corrected chi connectivity index (χ4v) is 2.78. The molecule has 0 spiro atoms. The first-order valence-electron chi connectivity index (χ1n) is 6.51. The number of ether oxygens (including phenoxy) is 1. The van der Waals surface area contributed by atoms with Crippen LogP contribution >= 0.6 is 23.2 Å². The lowest BCUT2D eigenvalue weighted by Gasteiger charge is -2.28. The molecule has 5 heteroatoms. The average Bonchev–Trinajstić information content (AvgIpc) is 2.88. The molecule has 1 N–H and O–H groups in total. The fraction of sp³-hybridized carbons (Fsp3) is 0.571. The van der Waals surface area contributed by atoms with E-state index in [4.69, 9.17) is 27.9 Å². The highest BCUT2D eigenvalue weighted by atomic mass is 35.5. The zero-order valence-corrected chi connectivity index (χ0v) is 12.6. The Morgan fingerprint density at radius 1 is 1.37 bits per heavy atom. The molecule has 1 aromatic carbocycles. The summed E-state index contributed by atoms with van der Waals surface area (Å²) in [6.07, 6.45) is 1.02. The molecule has 2 nitrogen and oxygen atoms in total. The summed E-state index contributed by atoms with van der Waals surface area (Å²) in [6.45, 7) is 6.06. The van der Waals surface area contributed by atoms with Gasteiger partial charge in [-0.1, -0.05) is 37.0 Å². The van der Waals surface area contributed by atoms with Crippen LogP contribution in [-0.4, -0.2) is 19.2 Å². The Morgan fingerprint density at radius 2 is 2.11 bits per heavy atom. The highest BCUT2D eigenvalue weighted by Crippen LogP contribution is 2.33. The summed E-state index contributed by atoms with van der Waals surface area (Å²) >= 11 is 11.6. The van der Waals surface area contributed by atoms with Gasteiger partial charge in [-0.15, -0.1) is 0 Å². The van der Waals surface area contributed by atoms with Gasteiger partial charge >= 0.3 is 0 Å². The molecule has 0 aliphatic carbocycles. The number of rotatable bonds is 4. The first-order valence-corrected chi connectivity index (χ1v) is 7.27. The van der Waals surface area contributed by atoms with Crippen LogP contribution in [-0.2, 0) is 0 Å². The Labute approximate surface area is 123 Å². The van der Waals surface area contributed by atoms with Crippen molar-refractivity contribution in [2.75, 3.05) is 13.1 Å². The molecule has 1 saturated heterocycles. The normalized spacial score (nSPS) is 20.8. The topological polar surface area (TPSA) is 21.3 Å². The second-order valence-electron chi connectivity index (χ2n) is 5.25. The van der Waals surface area contributed by atoms with Crippen LogP contribution < -0.4 is 10.1 Å². The third kappa shape index (κ3) is 3.33. The molecule has 0 bridgehead atoms. The van der Waals surface area contributed by atoms with E-state index in [0.717, 1.165) is 19.5 Å². The maximum atomic E-state index is 14.0. The fourth-order valence-electron chi connectivity index (χ4n) is 2.48. The molecule has 1 aromatic rings. The molecule has 0 amide bonds. The van der Waals surface area contributed by atoms with Gasteiger partial charge in [0.25, 0.3) is 0 Å². The minimum Gasteiger partial charge on any atom is -0.487 e. The lowest BCUT2D eigenvalue weighted by Crippen LogP contribution is -2.33. The summed E-state index contributed by atoms with van der Waals surface area (Å²) in [6, 6.07) is 3.11. The lowest BCUT2D eigenvalue weighted by atomic mass is 9.92. The van der Waals surface area contributed by atoms with Crippen LogP contribution in [0.3, 0.4) is 0 Å². The molecule has 1 fully saturated rings. The van der Waals surface area contributed by atoms with Crippen molar-refractivity contribution in [1.29, 1.82) is 0 Å². The predicted molar refractivity (Wildman–Crippen MR) is 76.7 cm³/mol. The second-order valence-corrected chi connectivity index (χ2v) is 6.04. The highest BCUT2D eigenvalue weighted by molar-refractivity contribution is 6.42. The molecule has 0 aromatic heterocycles. The Balaban J connectivity index is 2.19. The minimum atomic E-state index is -0.578. The Bertz CT molecular complexity index is 447. The average molecular weight is 306 g/mol. The van der Waals surface area contributed by atoms with Crippen molar-refractivity contribution in [3.8, 4) is 5.75 Å². The van der Waals surface area contributed by atoms with E-state index in [1.807, 2.05) is 0 Å². The van der Waals surface area contributed by atoms with Crippen LogP contribution in [0.2, 0.25) is 10.0 Å². The number of halogens is 3. The van der Waals surface area contributed by atoms with E-state index in [1.54, 1.807) is 12.1 Å². The quantitative estimate of drug-likeness (QED) is 0.844. The monoisotopic (exact) mass is 305 g/mol. The van der Waals surface area contributed by atoms with E-state index in [2.05, 4.69) is 19.2 Å². The van der Waals surface area contributed by atoms with Crippen molar-refractivity contribution in [3.63, 3.8) is 0 Å². The SMILES string of the molecule is CC(C)[C@@H](Oc1ccc(Cl)c(Cl)c1F)[C@H]1CCNC1. The summed E-state index contributed by atoms with van der Waals surface area (Å²) in [4.78, 5) is 0. The highest BCUT2D eigenvalue weighted by Gasteiger charge is 2.30. The first-order chi connectivity index (χ1) is 9.00. The van der Waals surface area contributed by atoms with Gasteiger partial charge in [0, 0.05) is 12.5 Å². The Hall–Kier alpha value is -0.510. The zero-order valence-electron chi connectivity index (χ0n) is 11.1. The molecule has 1 aliphatic heterocycles. The molecule has 0 radical (unpaired) electrons. The van der Waals surface area contributed by atoms with Gasteiger partial charge in [0.2, 0.25) is 0 Å². The van der Waals surface area contributed by atoms with Gasteiger partial charge < -0.3 is 10.1 Å². The summed E-state index contributed by atoms with van der Waals surface area (Å²) < 4.78 is 19.9. The first kappa shape index (κ1) is 14.9. The predicted octanol–water partition coefficient (Wildman–Crippen LogP) is 4.15. The van der Waals surface area contributed by atoms with Crippen molar-refractivity contribution >= 4 is 23.2 Å². The summed E-state index contributed by atoms with van der Waals surface area (Å²) in [7, 11) is 0. The molecule has 1 heterocycles. The van der Waals surface area contributed by atoms with Crippen LogP contribution in [0, 0.1) is 17.7 Å². The van der Waals surface area contributed by atoms with Gasteiger partial charge in [-0.3, -0.25) is 0 Å². The molecule has 19 heavy (non-hydrogen) atoms. The molecule has 0 unspecified atom stereocenters. The van der Waals surface area contributed by atoms with Gasteiger partial charge in [0.05, 0.1) is 10.0 Å². The maximum Gasteiger partial charge on any atom is 0.185 e. The lowest BCUT2D eigenvalue weighted by molar-refractivity contribution is 0.0928. The van der Waals surface area contributed by atoms with E-state index in [-0.39, 0.29) is 21.9 Å². The van der Waals surface area contributed by atoms with Crippen LogP contribution in [0.15, 0.2) is 12.1 Å². The molecular formula is C14H18Cl2FNO. The smallest absolute Gasteiger partial charge is 0.185 e. The molecule has 1 aliphatic rings. The van der Waals surface area contributed by atoms with Crippen LogP contribution in [0.5, 0.6) is 5.75 Å². The third-order valence-corrected chi connectivity index (χ3v) is 4.26. The standard InChI is InChI=1S/C14H18Cl2FNO/c1-8(2)14(9-5-6-18-7-9)19-11-4-3-10(15)12(16)13(11)17/h3-4,8-9,14,18H,5-7H2,1-2H3/t9-,14+/m0/s1. The van der Waals surface area contributed by atoms with Crippen LogP contribution in [0.1, 0.15) is 20.3 Å². The van der Waals surface area contributed by atoms with Crippen molar-refractivity contribution < 1.29 is 9.13 Å². The van der Waals surface area contributed by atoms with Gasteiger partial charge in [0.1, 0.15) is 6.10 Å². The van der Waals surface area contributed by atoms with Gasteiger partial charge in [-0.2, -0.15) is 0 Å². The van der Waals surface area contributed by atoms with Crippen molar-refractivity contribution in [1.82, 2.24) is 5.32 Å². The summed E-state index contributed by atoms with van der Waals surface area (Å²) in [5.74, 6) is 0.304. The Kier molecular flexibility index (Phi) is 4.93. The Morgan fingerprint density at radius 3 is 2.68 bits per heavy atom. The maximum absolute atomic E-state index is 14.0. The van der Waals surface area contributed by atoms with Gasteiger partial charge in [-0.05, 0) is 31.0 Å². The van der Waals surface area contributed by atoms with Crippen LogP contribution in [0.25, 0.3) is 0 Å². The minimum absolute atomic E-state index is 0.0262. The van der Waals surface area contributed by atoms with Crippen LogP contribution in [0.4, 0.5) is 4.39 Å². The van der Waals surface area contributed by atoms with Gasteiger partial charge in [0.15, 0.2) is 11.6 Å². The largest absolute Gasteiger partial charge is 0.487 e. The number of benzene rings is 1. The zero-order chi connectivity index (χ0) is 14.0. The molecule has 2 atom stereocenters. The third-order valence-electron chi connectivity index (χ3n) is 3.48. The molecular weight excluding hydrogens is 288 g/mol. The number of nitrogens with one attached hydrogen (secondary N) is 1. The van der Waals surface area contributed by atoms with Crippen molar-refractivity contribution in [2.45, 2.75) is 26.4 Å². The number of hydrogen-bond acceptors (Lipinski definition) is 2. The van der Waals surface area contributed by atoms with Gasteiger partial charge in [-0.25, -0.2) is 4.39 Å². The second kappa shape index (κ2) is 6.29. The molecule has 2 rings (SSSR count). The van der Waals surface area contributed by atoms with Crippen molar-refractivity contribution in [2.24, 2.45) is 11.8 Å². The van der Waals surface area contributed by atoms with E-state index in [0.29, 0.717) is 11.8 Å².